The molecule has 0 bridgehead atoms. The third-order valence-corrected chi connectivity index (χ3v) is 4.37. The monoisotopic (exact) mass is 253 g/mol. The average molecular weight is 253 g/mol. The minimum absolute atomic E-state index is 0.386. The molecule has 3 heteroatoms. The highest BCUT2D eigenvalue weighted by atomic mass is 32.1. The fourth-order valence-electron chi connectivity index (χ4n) is 2.45. The number of thiophene rings is 1. The number of rotatable bonds is 7. The molecule has 2 heterocycles. The number of nitrogens with one attached hydrogen (secondary N) is 1. The number of hydrogen-bond donors (Lipinski definition) is 1. The minimum atomic E-state index is 0.386. The summed E-state index contributed by atoms with van der Waals surface area (Å²) in [5.41, 5.74) is 1.87. The second-order valence-corrected chi connectivity index (χ2v) is 5.89. The molecule has 1 aromatic heterocycles. The van der Waals surface area contributed by atoms with Gasteiger partial charge in [0.25, 0.3) is 0 Å². The van der Waals surface area contributed by atoms with Gasteiger partial charge >= 0.3 is 0 Å². The van der Waals surface area contributed by atoms with Crippen LogP contribution in [0.3, 0.4) is 0 Å². The predicted octanol–water partition coefficient (Wildman–Crippen LogP) is 3.09. The molecule has 1 aliphatic rings. The van der Waals surface area contributed by atoms with Crippen LogP contribution >= 0.6 is 11.3 Å². The Kier molecular flexibility index (Phi) is 5.01. The molecule has 96 valence electrons. The Bertz CT molecular complexity index is 304. The summed E-state index contributed by atoms with van der Waals surface area (Å²) >= 11 is 1.80. The highest BCUT2D eigenvalue weighted by molar-refractivity contribution is 7.07. The summed E-state index contributed by atoms with van der Waals surface area (Å²) in [5.74, 6) is 0. The Morgan fingerprint density at radius 2 is 2.47 bits per heavy atom. The Morgan fingerprint density at radius 3 is 3.12 bits per heavy atom. The van der Waals surface area contributed by atoms with Gasteiger partial charge in [0.05, 0.1) is 6.61 Å². The Labute approximate surface area is 108 Å². The van der Waals surface area contributed by atoms with Crippen LogP contribution in [0.2, 0.25) is 0 Å². The second kappa shape index (κ2) is 6.53. The lowest BCUT2D eigenvalue weighted by atomic mass is 9.81. The third-order valence-electron chi connectivity index (χ3n) is 3.64. The lowest BCUT2D eigenvalue weighted by molar-refractivity contribution is 0.144. The van der Waals surface area contributed by atoms with Crippen molar-refractivity contribution in [3.8, 4) is 0 Å². The van der Waals surface area contributed by atoms with Crippen LogP contribution in [0.1, 0.15) is 31.7 Å². The van der Waals surface area contributed by atoms with E-state index < -0.39 is 0 Å². The van der Waals surface area contributed by atoms with Crippen molar-refractivity contribution in [3.05, 3.63) is 22.4 Å². The molecule has 0 aromatic carbocycles. The van der Waals surface area contributed by atoms with Gasteiger partial charge in [-0.25, -0.2) is 0 Å². The molecule has 1 aromatic rings. The first kappa shape index (κ1) is 13.1. The Hall–Kier alpha value is -0.380. The van der Waals surface area contributed by atoms with Crippen LogP contribution in [0.4, 0.5) is 0 Å². The van der Waals surface area contributed by atoms with E-state index in [1.54, 1.807) is 11.3 Å². The van der Waals surface area contributed by atoms with E-state index in [0.717, 1.165) is 26.3 Å². The first-order valence-corrected chi connectivity index (χ1v) is 7.58. The SMILES string of the molecule is CCCNCC1(CCc2ccsc2)CCOC1. The molecule has 1 atom stereocenters. The molecule has 0 radical (unpaired) electrons. The first-order chi connectivity index (χ1) is 8.35. The van der Waals surface area contributed by atoms with E-state index in [1.807, 2.05) is 0 Å². The zero-order chi connectivity index (χ0) is 12.0. The summed E-state index contributed by atoms with van der Waals surface area (Å²) in [6, 6.07) is 2.24. The molecule has 1 saturated heterocycles. The fraction of sp³-hybridized carbons (Fsp3) is 0.714. The summed E-state index contributed by atoms with van der Waals surface area (Å²) in [4.78, 5) is 0. The van der Waals surface area contributed by atoms with Crippen LogP contribution in [-0.2, 0) is 11.2 Å². The van der Waals surface area contributed by atoms with Gasteiger partial charge in [-0.1, -0.05) is 6.92 Å². The zero-order valence-corrected chi connectivity index (χ0v) is 11.5. The van der Waals surface area contributed by atoms with Gasteiger partial charge in [0.1, 0.15) is 0 Å². The minimum Gasteiger partial charge on any atom is -0.381 e. The van der Waals surface area contributed by atoms with Crippen molar-refractivity contribution in [2.45, 2.75) is 32.6 Å². The number of ether oxygens (including phenoxy) is 1. The first-order valence-electron chi connectivity index (χ1n) is 6.64. The lowest BCUT2D eigenvalue weighted by Gasteiger charge is -2.27. The van der Waals surface area contributed by atoms with Crippen LogP contribution in [0.15, 0.2) is 16.8 Å². The van der Waals surface area contributed by atoms with Gasteiger partial charge < -0.3 is 10.1 Å². The van der Waals surface area contributed by atoms with Gasteiger partial charge in [-0.15, -0.1) is 0 Å². The number of aryl methyl sites for hydroxylation is 1. The van der Waals surface area contributed by atoms with Crippen molar-refractivity contribution in [1.29, 1.82) is 0 Å². The van der Waals surface area contributed by atoms with E-state index in [4.69, 9.17) is 4.74 Å². The van der Waals surface area contributed by atoms with E-state index >= 15 is 0 Å². The summed E-state index contributed by atoms with van der Waals surface area (Å²) < 4.78 is 5.62. The molecule has 17 heavy (non-hydrogen) atoms. The van der Waals surface area contributed by atoms with E-state index in [2.05, 4.69) is 29.1 Å². The standard InChI is InChI=1S/C14H23NOS/c1-2-7-15-11-14(6-8-16-12-14)5-3-13-4-9-17-10-13/h4,9-10,15H,2-3,5-8,11-12H2,1H3. The van der Waals surface area contributed by atoms with Crippen molar-refractivity contribution in [2.75, 3.05) is 26.3 Å². The second-order valence-electron chi connectivity index (χ2n) is 5.11. The van der Waals surface area contributed by atoms with E-state index in [-0.39, 0.29) is 0 Å². The van der Waals surface area contributed by atoms with E-state index in [9.17, 15) is 0 Å². The normalized spacial score (nSPS) is 24.3. The molecule has 1 aliphatic heterocycles. The molecule has 2 rings (SSSR count). The smallest absolute Gasteiger partial charge is 0.0535 e. The molecule has 2 nitrogen and oxygen atoms in total. The zero-order valence-electron chi connectivity index (χ0n) is 10.7. The molecular weight excluding hydrogens is 230 g/mol. The molecule has 1 fully saturated rings. The topological polar surface area (TPSA) is 21.3 Å². The van der Waals surface area contributed by atoms with Crippen LogP contribution in [0, 0.1) is 5.41 Å². The largest absolute Gasteiger partial charge is 0.381 e. The molecule has 0 spiro atoms. The van der Waals surface area contributed by atoms with Gasteiger partial charge in [-0.3, -0.25) is 0 Å². The van der Waals surface area contributed by atoms with Crippen LogP contribution in [-0.4, -0.2) is 26.3 Å². The quantitative estimate of drug-likeness (QED) is 0.754. The van der Waals surface area contributed by atoms with Gasteiger partial charge in [0, 0.05) is 18.6 Å². The van der Waals surface area contributed by atoms with E-state index in [0.29, 0.717) is 5.41 Å². The lowest BCUT2D eigenvalue weighted by Crippen LogP contribution is -2.35. The van der Waals surface area contributed by atoms with Crippen molar-refractivity contribution >= 4 is 11.3 Å². The van der Waals surface area contributed by atoms with Crippen LogP contribution in [0.25, 0.3) is 0 Å². The Morgan fingerprint density at radius 1 is 1.53 bits per heavy atom. The molecule has 0 aliphatic carbocycles. The summed E-state index contributed by atoms with van der Waals surface area (Å²) in [6.07, 6.45) is 4.87. The Balaban J connectivity index is 1.83. The van der Waals surface area contributed by atoms with Crippen molar-refractivity contribution < 1.29 is 4.74 Å². The molecule has 0 amide bonds. The van der Waals surface area contributed by atoms with E-state index in [1.165, 1.54) is 31.2 Å². The van der Waals surface area contributed by atoms with Gasteiger partial charge in [-0.2, -0.15) is 11.3 Å². The van der Waals surface area contributed by atoms with Gasteiger partial charge in [0.15, 0.2) is 0 Å². The maximum atomic E-state index is 5.62. The average Bonchev–Trinajstić information content (AvgIpc) is 2.99. The third kappa shape index (κ3) is 3.80. The van der Waals surface area contributed by atoms with Crippen molar-refractivity contribution in [3.63, 3.8) is 0 Å². The molecule has 0 saturated carbocycles. The van der Waals surface area contributed by atoms with Gasteiger partial charge in [-0.05, 0) is 54.6 Å². The maximum absolute atomic E-state index is 5.62. The molecule has 1 unspecified atom stereocenters. The summed E-state index contributed by atoms with van der Waals surface area (Å²) in [5, 5.41) is 8.01. The fourth-order valence-corrected chi connectivity index (χ4v) is 3.15. The summed E-state index contributed by atoms with van der Waals surface area (Å²) in [6.45, 7) is 6.34. The highest BCUT2D eigenvalue weighted by Crippen LogP contribution is 2.33. The molecule has 1 N–H and O–H groups in total. The number of hydrogen-bond acceptors (Lipinski definition) is 3. The van der Waals surface area contributed by atoms with Gasteiger partial charge in [0.2, 0.25) is 0 Å². The maximum Gasteiger partial charge on any atom is 0.0535 e. The van der Waals surface area contributed by atoms with Crippen LogP contribution in [0.5, 0.6) is 0 Å². The predicted molar refractivity (Wildman–Crippen MR) is 73.7 cm³/mol. The summed E-state index contributed by atoms with van der Waals surface area (Å²) in [7, 11) is 0. The van der Waals surface area contributed by atoms with Crippen LogP contribution < -0.4 is 5.32 Å². The molecular formula is C14H23NOS. The van der Waals surface area contributed by atoms with Crippen molar-refractivity contribution in [2.24, 2.45) is 5.41 Å². The highest BCUT2D eigenvalue weighted by Gasteiger charge is 2.33. The van der Waals surface area contributed by atoms with Crippen molar-refractivity contribution in [1.82, 2.24) is 5.32 Å².